The molecule has 1 atom stereocenters. The van der Waals surface area contributed by atoms with Gasteiger partial charge in [-0.15, -0.1) is 0 Å². The number of hydrogen-bond donors (Lipinski definition) is 2. The summed E-state index contributed by atoms with van der Waals surface area (Å²) in [6.45, 7) is 5.32. The molecule has 1 aromatic rings. The highest BCUT2D eigenvalue weighted by atomic mass is 16.3. The van der Waals surface area contributed by atoms with E-state index in [1.807, 2.05) is 13.0 Å². The Morgan fingerprint density at radius 2 is 2.29 bits per heavy atom. The van der Waals surface area contributed by atoms with Crippen molar-refractivity contribution < 1.29 is 4.42 Å². The first-order chi connectivity index (χ1) is 8.34. The smallest absolute Gasteiger partial charge is 0.105 e. The van der Waals surface area contributed by atoms with Gasteiger partial charge in [0.2, 0.25) is 0 Å². The van der Waals surface area contributed by atoms with E-state index < -0.39 is 0 Å². The average molecular weight is 236 g/mol. The van der Waals surface area contributed by atoms with Gasteiger partial charge in [-0.25, -0.2) is 0 Å². The maximum absolute atomic E-state index is 5.53. The van der Waals surface area contributed by atoms with E-state index in [-0.39, 0.29) is 0 Å². The van der Waals surface area contributed by atoms with Crippen molar-refractivity contribution in [1.82, 2.24) is 10.6 Å². The number of nitrogens with one attached hydrogen (secondary N) is 2. The minimum Gasteiger partial charge on any atom is -0.466 e. The van der Waals surface area contributed by atoms with Crippen LogP contribution in [0.1, 0.15) is 37.2 Å². The van der Waals surface area contributed by atoms with Crippen molar-refractivity contribution >= 4 is 0 Å². The molecule has 0 radical (unpaired) electrons. The molecule has 0 aromatic carbocycles. The minimum atomic E-state index is 0.738. The van der Waals surface area contributed by atoms with Crippen LogP contribution in [-0.2, 0) is 6.42 Å². The lowest BCUT2D eigenvalue weighted by atomic mass is 10.0. The van der Waals surface area contributed by atoms with Crippen LogP contribution in [0.5, 0.6) is 0 Å². The van der Waals surface area contributed by atoms with Crippen LogP contribution in [-0.4, -0.2) is 25.7 Å². The van der Waals surface area contributed by atoms with Gasteiger partial charge in [-0.05, 0) is 51.4 Å². The van der Waals surface area contributed by atoms with E-state index in [0.29, 0.717) is 0 Å². The molecule has 2 heterocycles. The van der Waals surface area contributed by atoms with Crippen LogP contribution in [0.15, 0.2) is 16.5 Å². The molecule has 1 aromatic heterocycles. The van der Waals surface area contributed by atoms with Gasteiger partial charge >= 0.3 is 0 Å². The molecule has 1 saturated heterocycles. The van der Waals surface area contributed by atoms with Crippen molar-refractivity contribution in [2.45, 2.75) is 45.1 Å². The molecule has 0 spiro atoms. The third-order valence-electron chi connectivity index (χ3n) is 3.43. The van der Waals surface area contributed by atoms with E-state index in [1.54, 1.807) is 0 Å². The zero-order chi connectivity index (χ0) is 11.9. The fourth-order valence-corrected chi connectivity index (χ4v) is 2.40. The van der Waals surface area contributed by atoms with Crippen molar-refractivity contribution in [3.8, 4) is 0 Å². The van der Waals surface area contributed by atoms with Gasteiger partial charge in [0.15, 0.2) is 0 Å². The van der Waals surface area contributed by atoms with Crippen LogP contribution in [0.25, 0.3) is 0 Å². The Bertz CT molecular complexity index is 316. The highest BCUT2D eigenvalue weighted by Crippen LogP contribution is 2.09. The molecule has 2 rings (SSSR count). The second kappa shape index (κ2) is 6.82. The van der Waals surface area contributed by atoms with Crippen LogP contribution in [0.4, 0.5) is 0 Å². The second-order valence-electron chi connectivity index (χ2n) is 4.95. The summed E-state index contributed by atoms with van der Waals surface area (Å²) in [5.74, 6) is 2.09. The summed E-state index contributed by atoms with van der Waals surface area (Å²) in [5, 5.41) is 7.06. The summed E-state index contributed by atoms with van der Waals surface area (Å²) in [6.07, 6.45) is 6.33. The van der Waals surface area contributed by atoms with Crippen molar-refractivity contribution in [2.24, 2.45) is 0 Å². The second-order valence-corrected chi connectivity index (χ2v) is 4.95. The first-order valence-electron chi connectivity index (χ1n) is 6.84. The standard InChI is InChI=1S/C14H24N2O/c1-12-5-6-14(17-12)8-11-15-10-7-13-4-2-3-9-16-13/h5-6,13,15-16H,2-4,7-11H2,1H3. The molecular weight excluding hydrogens is 212 g/mol. The third kappa shape index (κ3) is 4.52. The molecule has 1 aliphatic rings. The molecular formula is C14H24N2O. The van der Waals surface area contributed by atoms with Gasteiger partial charge in [0.25, 0.3) is 0 Å². The minimum absolute atomic E-state index is 0.738. The predicted molar refractivity (Wildman–Crippen MR) is 70.3 cm³/mol. The van der Waals surface area contributed by atoms with E-state index in [0.717, 1.165) is 37.1 Å². The average Bonchev–Trinajstić information content (AvgIpc) is 2.76. The van der Waals surface area contributed by atoms with E-state index in [1.165, 1.54) is 32.2 Å². The highest BCUT2D eigenvalue weighted by molar-refractivity contribution is 5.05. The maximum Gasteiger partial charge on any atom is 0.105 e. The van der Waals surface area contributed by atoms with E-state index in [2.05, 4.69) is 16.7 Å². The number of furan rings is 1. The molecule has 0 amide bonds. The van der Waals surface area contributed by atoms with Gasteiger partial charge < -0.3 is 15.1 Å². The zero-order valence-electron chi connectivity index (χ0n) is 10.8. The Morgan fingerprint density at radius 3 is 3.00 bits per heavy atom. The Morgan fingerprint density at radius 1 is 1.35 bits per heavy atom. The van der Waals surface area contributed by atoms with Gasteiger partial charge in [-0.1, -0.05) is 6.42 Å². The summed E-state index contributed by atoms with van der Waals surface area (Å²) in [7, 11) is 0. The van der Waals surface area contributed by atoms with Gasteiger partial charge in [0.1, 0.15) is 11.5 Å². The highest BCUT2D eigenvalue weighted by Gasteiger charge is 2.11. The predicted octanol–water partition coefficient (Wildman–Crippen LogP) is 2.25. The molecule has 2 N–H and O–H groups in total. The summed E-state index contributed by atoms with van der Waals surface area (Å²) in [4.78, 5) is 0. The summed E-state index contributed by atoms with van der Waals surface area (Å²) < 4.78 is 5.53. The molecule has 1 fully saturated rings. The summed E-state index contributed by atoms with van der Waals surface area (Å²) >= 11 is 0. The fraction of sp³-hybridized carbons (Fsp3) is 0.714. The molecule has 0 aliphatic carbocycles. The van der Waals surface area contributed by atoms with Gasteiger partial charge in [-0.2, -0.15) is 0 Å². The fourth-order valence-electron chi connectivity index (χ4n) is 2.40. The molecule has 0 bridgehead atoms. The van der Waals surface area contributed by atoms with Gasteiger partial charge in [0.05, 0.1) is 0 Å². The number of aryl methyl sites for hydroxylation is 1. The molecule has 17 heavy (non-hydrogen) atoms. The Hall–Kier alpha value is -0.800. The normalized spacial score (nSPS) is 20.6. The molecule has 3 nitrogen and oxygen atoms in total. The largest absolute Gasteiger partial charge is 0.466 e. The number of piperidine rings is 1. The maximum atomic E-state index is 5.53. The van der Waals surface area contributed by atoms with Crippen LogP contribution < -0.4 is 10.6 Å². The van der Waals surface area contributed by atoms with E-state index >= 15 is 0 Å². The first-order valence-corrected chi connectivity index (χ1v) is 6.84. The van der Waals surface area contributed by atoms with Crippen LogP contribution >= 0.6 is 0 Å². The van der Waals surface area contributed by atoms with Crippen molar-refractivity contribution in [3.05, 3.63) is 23.7 Å². The number of hydrogen-bond acceptors (Lipinski definition) is 3. The molecule has 0 saturated carbocycles. The van der Waals surface area contributed by atoms with Crippen molar-refractivity contribution in [3.63, 3.8) is 0 Å². The van der Waals surface area contributed by atoms with E-state index in [4.69, 9.17) is 4.42 Å². The Balaban J connectivity index is 1.51. The molecule has 1 aliphatic heterocycles. The molecule has 96 valence electrons. The van der Waals surface area contributed by atoms with Crippen molar-refractivity contribution in [1.29, 1.82) is 0 Å². The van der Waals surface area contributed by atoms with E-state index in [9.17, 15) is 0 Å². The topological polar surface area (TPSA) is 37.2 Å². The Labute approximate surface area is 104 Å². The van der Waals surface area contributed by atoms with Gasteiger partial charge in [0, 0.05) is 19.0 Å². The van der Waals surface area contributed by atoms with Crippen LogP contribution in [0.2, 0.25) is 0 Å². The lowest BCUT2D eigenvalue weighted by Crippen LogP contribution is -2.36. The quantitative estimate of drug-likeness (QED) is 0.744. The summed E-state index contributed by atoms with van der Waals surface area (Å²) in [6, 6.07) is 4.84. The van der Waals surface area contributed by atoms with Crippen molar-refractivity contribution in [2.75, 3.05) is 19.6 Å². The zero-order valence-corrected chi connectivity index (χ0v) is 10.8. The SMILES string of the molecule is Cc1ccc(CCNCCC2CCCCN2)o1. The molecule has 3 heteroatoms. The van der Waals surface area contributed by atoms with Crippen LogP contribution in [0, 0.1) is 6.92 Å². The lowest BCUT2D eigenvalue weighted by molar-refractivity contribution is 0.375. The lowest BCUT2D eigenvalue weighted by Gasteiger charge is -2.23. The summed E-state index contributed by atoms with van der Waals surface area (Å²) in [5.41, 5.74) is 0. The monoisotopic (exact) mass is 236 g/mol. The molecule has 1 unspecified atom stereocenters. The number of rotatable bonds is 6. The Kier molecular flexibility index (Phi) is 5.08. The third-order valence-corrected chi connectivity index (χ3v) is 3.43. The van der Waals surface area contributed by atoms with Crippen LogP contribution in [0.3, 0.4) is 0 Å². The first kappa shape index (κ1) is 12.7. The van der Waals surface area contributed by atoms with Gasteiger partial charge in [-0.3, -0.25) is 0 Å².